The summed E-state index contributed by atoms with van der Waals surface area (Å²) in [4.78, 5) is 32.9. The van der Waals surface area contributed by atoms with Crippen molar-refractivity contribution in [1.29, 1.82) is 0 Å². The average Bonchev–Trinajstić information content (AvgIpc) is 2.39. The number of carboxylic acid groups (broad SMARTS) is 1. The molecular formula is C13H15NO6. The lowest BCUT2D eigenvalue weighted by Gasteiger charge is -2.10. The molecule has 7 heteroatoms. The third-order valence-corrected chi connectivity index (χ3v) is 2.45. The Hall–Kier alpha value is -2.41. The highest BCUT2D eigenvalue weighted by Crippen LogP contribution is 2.11. The van der Waals surface area contributed by atoms with Gasteiger partial charge in [-0.1, -0.05) is 12.1 Å². The number of aromatic hydroxyl groups is 1. The number of carbonyl (C=O) groups excluding carboxylic acids is 2. The molecule has 0 aliphatic carbocycles. The van der Waals surface area contributed by atoms with Crippen LogP contribution in [0.25, 0.3) is 0 Å². The molecule has 1 aromatic rings. The number of benzene rings is 1. The van der Waals surface area contributed by atoms with Crippen LogP contribution in [0.15, 0.2) is 24.3 Å². The molecule has 0 bridgehead atoms. The van der Waals surface area contributed by atoms with Gasteiger partial charge in [0.15, 0.2) is 0 Å². The number of phenolic OH excluding ortho intramolecular Hbond substituents is 1. The lowest BCUT2D eigenvalue weighted by Crippen LogP contribution is -2.35. The Morgan fingerprint density at radius 3 is 2.30 bits per heavy atom. The van der Waals surface area contributed by atoms with Crippen LogP contribution in [0.1, 0.15) is 18.4 Å². The summed E-state index contributed by atoms with van der Waals surface area (Å²) in [5, 5.41) is 17.5. The number of nitrogens with two attached hydrogens (primary N) is 1. The van der Waals surface area contributed by atoms with Gasteiger partial charge in [0, 0.05) is 0 Å². The second kappa shape index (κ2) is 7.25. The summed E-state index contributed by atoms with van der Waals surface area (Å²) in [6.07, 6.45) is -0.641. The van der Waals surface area contributed by atoms with Gasteiger partial charge in [0.1, 0.15) is 11.8 Å². The molecule has 0 saturated carbocycles. The summed E-state index contributed by atoms with van der Waals surface area (Å²) in [5.41, 5.74) is 6.29. The summed E-state index contributed by atoms with van der Waals surface area (Å²) < 4.78 is 4.44. The zero-order chi connectivity index (χ0) is 15.1. The Morgan fingerprint density at radius 1 is 1.15 bits per heavy atom. The first-order chi connectivity index (χ1) is 9.38. The van der Waals surface area contributed by atoms with E-state index >= 15 is 0 Å². The number of hydrogen-bond acceptors (Lipinski definition) is 6. The van der Waals surface area contributed by atoms with Gasteiger partial charge in [0.2, 0.25) is 0 Å². The van der Waals surface area contributed by atoms with Crippen molar-refractivity contribution in [3.05, 3.63) is 29.8 Å². The first kappa shape index (κ1) is 15.6. The lowest BCUT2D eigenvalue weighted by atomic mass is 10.1. The van der Waals surface area contributed by atoms with Crippen molar-refractivity contribution in [2.24, 2.45) is 5.73 Å². The van der Waals surface area contributed by atoms with Crippen LogP contribution < -0.4 is 5.73 Å². The topological polar surface area (TPSA) is 127 Å². The number of hydrogen-bond donors (Lipinski definition) is 3. The number of aliphatic carboxylic acids is 1. The van der Waals surface area contributed by atoms with Crippen LogP contribution in [0, 0.1) is 0 Å². The van der Waals surface area contributed by atoms with E-state index < -0.39 is 30.4 Å². The number of esters is 2. The van der Waals surface area contributed by atoms with E-state index in [0.717, 1.165) is 0 Å². The van der Waals surface area contributed by atoms with Crippen molar-refractivity contribution in [1.82, 2.24) is 0 Å². The van der Waals surface area contributed by atoms with E-state index in [2.05, 4.69) is 4.74 Å². The first-order valence-electron chi connectivity index (χ1n) is 5.88. The summed E-state index contributed by atoms with van der Waals surface area (Å²) in [5.74, 6) is -2.89. The molecule has 0 aromatic heterocycles. The first-order valence-corrected chi connectivity index (χ1v) is 5.88. The van der Waals surface area contributed by atoms with Crippen molar-refractivity contribution in [2.75, 3.05) is 0 Å². The number of phenols is 1. The van der Waals surface area contributed by atoms with Gasteiger partial charge < -0.3 is 20.7 Å². The summed E-state index contributed by atoms with van der Waals surface area (Å²) in [7, 11) is 0. The van der Waals surface area contributed by atoms with Crippen molar-refractivity contribution < 1.29 is 29.3 Å². The van der Waals surface area contributed by atoms with Gasteiger partial charge in [-0.05, 0) is 24.1 Å². The number of ether oxygens (including phenoxy) is 1. The second-order valence-electron chi connectivity index (χ2n) is 4.16. The lowest BCUT2D eigenvalue weighted by molar-refractivity contribution is -0.161. The zero-order valence-corrected chi connectivity index (χ0v) is 10.6. The molecule has 0 saturated heterocycles. The number of rotatable bonds is 6. The minimum absolute atomic E-state index is 0.0914. The van der Waals surface area contributed by atoms with E-state index in [1.807, 2.05) is 0 Å². The molecule has 1 aromatic carbocycles. The largest absolute Gasteiger partial charge is 0.508 e. The standard InChI is InChI=1S/C13H15NO6/c14-10(7-8-1-3-9(15)4-2-8)13(19)20-12(18)6-5-11(16)17/h1-4,10,15H,5-7,14H2,(H,16,17). The predicted molar refractivity (Wildman–Crippen MR) is 67.8 cm³/mol. The maximum Gasteiger partial charge on any atom is 0.330 e. The Balaban J connectivity index is 2.44. The van der Waals surface area contributed by atoms with E-state index in [1.165, 1.54) is 12.1 Å². The summed E-state index contributed by atoms with van der Waals surface area (Å²) >= 11 is 0. The monoisotopic (exact) mass is 281 g/mol. The molecule has 0 fully saturated rings. The fraction of sp³-hybridized carbons (Fsp3) is 0.308. The van der Waals surface area contributed by atoms with Crippen LogP contribution in [-0.2, 0) is 25.5 Å². The maximum atomic E-state index is 11.5. The quantitative estimate of drug-likeness (QED) is 0.502. The molecule has 4 N–H and O–H groups in total. The number of carbonyl (C=O) groups is 3. The van der Waals surface area contributed by atoms with Crippen LogP contribution in [-0.4, -0.2) is 34.2 Å². The molecule has 0 heterocycles. The van der Waals surface area contributed by atoms with Gasteiger partial charge in [-0.25, -0.2) is 4.79 Å². The van der Waals surface area contributed by atoms with Gasteiger partial charge in [-0.15, -0.1) is 0 Å². The third-order valence-electron chi connectivity index (χ3n) is 2.45. The Bertz CT molecular complexity index is 496. The van der Waals surface area contributed by atoms with Crippen molar-refractivity contribution in [3.8, 4) is 5.75 Å². The van der Waals surface area contributed by atoms with Crippen LogP contribution >= 0.6 is 0 Å². The third kappa shape index (κ3) is 5.49. The van der Waals surface area contributed by atoms with Crippen LogP contribution in [0.3, 0.4) is 0 Å². The van der Waals surface area contributed by atoms with E-state index in [9.17, 15) is 14.4 Å². The second-order valence-corrected chi connectivity index (χ2v) is 4.16. The SMILES string of the molecule is NC(Cc1ccc(O)cc1)C(=O)OC(=O)CCC(=O)O. The molecule has 1 rings (SSSR count). The van der Waals surface area contributed by atoms with E-state index in [0.29, 0.717) is 5.56 Å². The summed E-state index contributed by atoms with van der Waals surface area (Å²) in [6.45, 7) is 0. The highest BCUT2D eigenvalue weighted by atomic mass is 16.6. The van der Waals surface area contributed by atoms with Gasteiger partial charge >= 0.3 is 17.9 Å². The molecule has 1 unspecified atom stereocenters. The summed E-state index contributed by atoms with van der Waals surface area (Å²) in [6, 6.07) is 5.05. The maximum absolute atomic E-state index is 11.5. The Labute approximate surface area is 115 Å². The minimum Gasteiger partial charge on any atom is -0.508 e. The Kier molecular flexibility index (Phi) is 5.67. The van der Waals surface area contributed by atoms with Gasteiger partial charge in [-0.2, -0.15) is 0 Å². The van der Waals surface area contributed by atoms with Crippen molar-refractivity contribution >= 4 is 17.9 Å². The van der Waals surface area contributed by atoms with Gasteiger partial charge in [0.05, 0.1) is 12.8 Å². The van der Waals surface area contributed by atoms with E-state index in [1.54, 1.807) is 12.1 Å². The Morgan fingerprint density at radius 2 is 1.75 bits per heavy atom. The smallest absolute Gasteiger partial charge is 0.330 e. The van der Waals surface area contributed by atoms with Crippen molar-refractivity contribution in [3.63, 3.8) is 0 Å². The normalized spacial score (nSPS) is 11.7. The molecule has 0 aliphatic heterocycles. The van der Waals surface area contributed by atoms with Crippen LogP contribution in [0.2, 0.25) is 0 Å². The van der Waals surface area contributed by atoms with Crippen LogP contribution in [0.4, 0.5) is 0 Å². The molecule has 108 valence electrons. The molecule has 20 heavy (non-hydrogen) atoms. The average molecular weight is 281 g/mol. The van der Waals surface area contributed by atoms with Crippen LogP contribution in [0.5, 0.6) is 5.75 Å². The molecule has 0 spiro atoms. The molecule has 0 radical (unpaired) electrons. The molecule has 7 nitrogen and oxygen atoms in total. The highest BCUT2D eigenvalue weighted by molar-refractivity contribution is 5.89. The minimum atomic E-state index is -1.15. The zero-order valence-electron chi connectivity index (χ0n) is 10.6. The van der Waals surface area contributed by atoms with Crippen molar-refractivity contribution in [2.45, 2.75) is 25.3 Å². The fourth-order valence-electron chi connectivity index (χ4n) is 1.42. The fourth-order valence-corrected chi connectivity index (χ4v) is 1.42. The highest BCUT2D eigenvalue weighted by Gasteiger charge is 2.19. The molecule has 0 amide bonds. The molecule has 0 aliphatic rings. The number of carboxylic acids is 1. The van der Waals surface area contributed by atoms with Gasteiger partial charge in [0.25, 0.3) is 0 Å². The molecule has 1 atom stereocenters. The predicted octanol–water partition coefficient (Wildman–Crippen LogP) is 0.197. The van der Waals surface area contributed by atoms with Gasteiger partial charge in [-0.3, -0.25) is 9.59 Å². The van der Waals surface area contributed by atoms with E-state index in [4.69, 9.17) is 15.9 Å². The van der Waals surface area contributed by atoms with E-state index in [-0.39, 0.29) is 18.6 Å². The molecular weight excluding hydrogens is 266 g/mol.